The lowest BCUT2D eigenvalue weighted by Crippen LogP contribution is -2.44. The number of nitrogens with zero attached hydrogens (tertiary/aromatic N) is 2. The lowest BCUT2D eigenvalue weighted by Gasteiger charge is -2.25. The predicted molar refractivity (Wildman–Crippen MR) is 91.4 cm³/mol. The third kappa shape index (κ3) is 3.92. The molecule has 1 aromatic heterocycles. The van der Waals surface area contributed by atoms with Gasteiger partial charge in [0.05, 0.1) is 22.6 Å². The lowest BCUT2D eigenvalue weighted by molar-refractivity contribution is 0.428. The summed E-state index contributed by atoms with van der Waals surface area (Å²) in [7, 11) is -3.70. The highest BCUT2D eigenvalue weighted by atomic mass is 35.5. The van der Waals surface area contributed by atoms with Crippen LogP contribution in [-0.2, 0) is 10.0 Å². The number of hydrogen-bond donors (Lipinski definition) is 2. The summed E-state index contributed by atoms with van der Waals surface area (Å²) in [6.45, 7) is 5.69. The highest BCUT2D eigenvalue weighted by molar-refractivity contribution is 7.89. The molecule has 126 valence electrons. The molecule has 0 aliphatic carbocycles. The second-order valence-corrected chi connectivity index (χ2v) is 8.04. The van der Waals surface area contributed by atoms with Crippen LogP contribution in [0.3, 0.4) is 0 Å². The Bertz CT molecular complexity index is 800. The van der Waals surface area contributed by atoms with Gasteiger partial charge in [0.2, 0.25) is 10.0 Å². The van der Waals surface area contributed by atoms with Gasteiger partial charge in [-0.05, 0) is 45.9 Å². The molecule has 1 aromatic carbocycles. The smallest absolute Gasteiger partial charge is 0.244 e. The molecule has 0 saturated heterocycles. The number of hydrogen-bond acceptors (Lipinski definition) is 4. The van der Waals surface area contributed by atoms with Crippen molar-refractivity contribution in [2.24, 2.45) is 5.73 Å². The Morgan fingerprint density at radius 3 is 2.61 bits per heavy atom. The molecule has 0 atom stereocenters. The fourth-order valence-corrected chi connectivity index (χ4v) is 4.17. The number of para-hydroxylation sites is 1. The van der Waals surface area contributed by atoms with E-state index in [4.69, 9.17) is 17.3 Å². The number of nitrogens with one attached hydrogen (secondary N) is 1. The van der Waals surface area contributed by atoms with E-state index in [9.17, 15) is 8.42 Å². The number of benzene rings is 1. The minimum absolute atomic E-state index is 0.127. The summed E-state index contributed by atoms with van der Waals surface area (Å²) in [6.07, 6.45) is 1.86. The van der Waals surface area contributed by atoms with Crippen LogP contribution in [0.1, 0.15) is 26.0 Å². The molecular formula is C15H21ClN4O2S. The van der Waals surface area contributed by atoms with Crippen molar-refractivity contribution >= 4 is 21.6 Å². The fourth-order valence-electron chi connectivity index (χ4n) is 2.36. The van der Waals surface area contributed by atoms with Gasteiger partial charge < -0.3 is 5.73 Å². The maximum Gasteiger partial charge on any atom is 0.244 e. The summed E-state index contributed by atoms with van der Waals surface area (Å²) in [5.74, 6) is 0. The zero-order valence-corrected chi connectivity index (χ0v) is 14.9. The standard InChI is InChI=1S/C15H21ClN4O2S/c1-11-14(23(21,22)19-15(2,3)8-9-17)10-18-20(11)13-7-5-4-6-12(13)16/h4-7,10,19H,8-9,17H2,1-3H3. The average molecular weight is 357 g/mol. The van der Waals surface area contributed by atoms with Crippen molar-refractivity contribution < 1.29 is 8.42 Å². The van der Waals surface area contributed by atoms with Crippen molar-refractivity contribution in [3.05, 3.63) is 41.2 Å². The van der Waals surface area contributed by atoms with Crippen LogP contribution in [0.2, 0.25) is 5.02 Å². The van der Waals surface area contributed by atoms with Crippen LogP contribution in [0.4, 0.5) is 0 Å². The molecule has 23 heavy (non-hydrogen) atoms. The molecule has 0 spiro atoms. The fraction of sp³-hybridized carbons (Fsp3) is 0.400. The van der Waals surface area contributed by atoms with Gasteiger partial charge in [0.1, 0.15) is 4.90 Å². The second-order valence-electron chi connectivity index (χ2n) is 5.99. The molecule has 2 rings (SSSR count). The molecular weight excluding hydrogens is 336 g/mol. The third-order valence-corrected chi connectivity index (χ3v) is 5.64. The number of halogens is 1. The Morgan fingerprint density at radius 2 is 2.00 bits per heavy atom. The SMILES string of the molecule is Cc1c(S(=O)(=O)NC(C)(C)CCN)cnn1-c1ccccc1Cl. The Labute approximate surface area is 141 Å². The van der Waals surface area contributed by atoms with Crippen molar-refractivity contribution in [3.8, 4) is 5.69 Å². The second kappa shape index (κ2) is 6.60. The van der Waals surface area contributed by atoms with E-state index in [1.807, 2.05) is 6.07 Å². The van der Waals surface area contributed by atoms with Crippen LogP contribution in [0, 0.1) is 6.92 Å². The van der Waals surface area contributed by atoms with E-state index >= 15 is 0 Å². The van der Waals surface area contributed by atoms with Crippen LogP contribution >= 0.6 is 11.6 Å². The van der Waals surface area contributed by atoms with E-state index in [2.05, 4.69) is 9.82 Å². The van der Waals surface area contributed by atoms with Crippen molar-refractivity contribution in [2.45, 2.75) is 37.6 Å². The van der Waals surface area contributed by atoms with E-state index in [1.165, 1.54) is 10.9 Å². The molecule has 0 unspecified atom stereocenters. The van der Waals surface area contributed by atoms with Crippen molar-refractivity contribution in [2.75, 3.05) is 6.54 Å². The van der Waals surface area contributed by atoms with Crippen LogP contribution in [-0.4, -0.2) is 30.3 Å². The van der Waals surface area contributed by atoms with Gasteiger partial charge in [-0.15, -0.1) is 0 Å². The Balaban J connectivity index is 2.41. The molecule has 0 aliphatic rings. The van der Waals surface area contributed by atoms with Crippen LogP contribution in [0.5, 0.6) is 0 Å². The highest BCUT2D eigenvalue weighted by Gasteiger charge is 2.28. The van der Waals surface area contributed by atoms with E-state index in [0.29, 0.717) is 29.4 Å². The first kappa shape index (κ1) is 17.9. The monoisotopic (exact) mass is 356 g/mol. The third-order valence-electron chi connectivity index (χ3n) is 3.51. The van der Waals surface area contributed by atoms with Gasteiger partial charge in [-0.3, -0.25) is 0 Å². The van der Waals surface area contributed by atoms with E-state index in [1.54, 1.807) is 39.0 Å². The van der Waals surface area contributed by atoms with E-state index in [-0.39, 0.29) is 4.90 Å². The van der Waals surface area contributed by atoms with Gasteiger partial charge >= 0.3 is 0 Å². The van der Waals surface area contributed by atoms with Crippen LogP contribution in [0.25, 0.3) is 5.69 Å². The van der Waals surface area contributed by atoms with Gasteiger partial charge in [-0.1, -0.05) is 23.7 Å². The zero-order valence-electron chi connectivity index (χ0n) is 13.4. The molecule has 0 amide bonds. The molecule has 0 saturated carbocycles. The van der Waals surface area contributed by atoms with Gasteiger partial charge in [0.15, 0.2) is 0 Å². The number of sulfonamides is 1. The van der Waals surface area contributed by atoms with Gasteiger partial charge in [-0.25, -0.2) is 17.8 Å². The first-order valence-corrected chi connectivity index (χ1v) is 9.07. The maximum absolute atomic E-state index is 12.6. The Morgan fingerprint density at radius 1 is 1.35 bits per heavy atom. The Hall–Kier alpha value is -1.41. The van der Waals surface area contributed by atoms with Gasteiger partial charge in [0, 0.05) is 5.54 Å². The van der Waals surface area contributed by atoms with Crippen LogP contribution in [0.15, 0.2) is 35.4 Å². The predicted octanol–water partition coefficient (Wildman–Crippen LogP) is 2.24. The normalized spacial score (nSPS) is 12.6. The minimum atomic E-state index is -3.70. The van der Waals surface area contributed by atoms with E-state index in [0.717, 1.165) is 0 Å². The summed E-state index contributed by atoms with van der Waals surface area (Å²) >= 11 is 6.16. The highest BCUT2D eigenvalue weighted by Crippen LogP contribution is 2.24. The summed E-state index contributed by atoms with van der Waals surface area (Å²) in [6, 6.07) is 7.14. The quantitative estimate of drug-likeness (QED) is 0.830. The van der Waals surface area contributed by atoms with Crippen molar-refractivity contribution in [3.63, 3.8) is 0 Å². The number of rotatable bonds is 6. The number of aromatic nitrogens is 2. The van der Waals surface area contributed by atoms with Crippen molar-refractivity contribution in [1.29, 1.82) is 0 Å². The largest absolute Gasteiger partial charge is 0.330 e. The van der Waals surface area contributed by atoms with Gasteiger partial charge in [-0.2, -0.15) is 5.10 Å². The summed E-state index contributed by atoms with van der Waals surface area (Å²) in [5, 5.41) is 4.68. The van der Waals surface area contributed by atoms with Crippen LogP contribution < -0.4 is 10.5 Å². The molecule has 1 heterocycles. The van der Waals surface area contributed by atoms with Gasteiger partial charge in [0.25, 0.3) is 0 Å². The first-order chi connectivity index (χ1) is 10.7. The van der Waals surface area contributed by atoms with E-state index < -0.39 is 15.6 Å². The van der Waals surface area contributed by atoms with Crippen molar-refractivity contribution in [1.82, 2.24) is 14.5 Å². The molecule has 0 aliphatic heterocycles. The Kier molecular flexibility index (Phi) is 5.15. The molecule has 0 bridgehead atoms. The summed E-state index contributed by atoms with van der Waals surface area (Å²) < 4.78 is 29.5. The first-order valence-electron chi connectivity index (χ1n) is 7.21. The topological polar surface area (TPSA) is 90.0 Å². The summed E-state index contributed by atoms with van der Waals surface area (Å²) in [5.41, 5.74) is 6.03. The minimum Gasteiger partial charge on any atom is -0.330 e. The molecule has 8 heteroatoms. The molecule has 6 nitrogen and oxygen atoms in total. The zero-order chi connectivity index (χ0) is 17.3. The molecule has 2 aromatic rings. The summed E-state index contributed by atoms with van der Waals surface area (Å²) in [4.78, 5) is 0.127. The number of nitrogens with two attached hydrogens (primary N) is 1. The lowest BCUT2D eigenvalue weighted by atomic mass is 10.0. The average Bonchev–Trinajstić information content (AvgIpc) is 2.80. The molecule has 3 N–H and O–H groups in total. The molecule has 0 radical (unpaired) electrons. The maximum atomic E-state index is 12.6. The molecule has 0 fully saturated rings.